The second kappa shape index (κ2) is 5.35. The van der Waals surface area contributed by atoms with E-state index in [1.165, 1.54) is 18.4 Å². The molecule has 0 N–H and O–H groups in total. The van der Waals surface area contributed by atoms with Crippen LogP contribution in [0.2, 0.25) is 0 Å². The molecule has 1 aliphatic rings. The largest absolute Gasteiger partial charge is 0.476 e. The van der Waals surface area contributed by atoms with Crippen LogP contribution in [0.15, 0.2) is 24.3 Å². The van der Waals surface area contributed by atoms with E-state index >= 15 is 0 Å². The molecule has 1 atom stereocenters. The Kier molecular flexibility index (Phi) is 3.83. The zero-order valence-electron chi connectivity index (χ0n) is 10.1. The van der Waals surface area contributed by atoms with Crippen LogP contribution in [0.25, 0.3) is 0 Å². The van der Waals surface area contributed by atoms with Crippen molar-refractivity contribution >= 4 is 0 Å². The molecule has 0 aromatic heterocycles. The monoisotopic (exact) mass is 217 g/mol. The maximum Gasteiger partial charge on any atom is 0.219 e. The van der Waals surface area contributed by atoms with Crippen LogP contribution in [0.5, 0.6) is 5.75 Å². The predicted molar refractivity (Wildman–Crippen MR) is 65.2 cm³/mol. The smallest absolute Gasteiger partial charge is 0.219 e. The van der Waals surface area contributed by atoms with E-state index < -0.39 is 0 Å². The highest BCUT2D eigenvalue weighted by molar-refractivity contribution is 5.41. The summed E-state index contributed by atoms with van der Waals surface area (Å²) in [7, 11) is 0. The van der Waals surface area contributed by atoms with Gasteiger partial charge in [-0.05, 0) is 32.0 Å². The third-order valence-electron chi connectivity index (χ3n) is 2.88. The van der Waals surface area contributed by atoms with Crippen LogP contribution in [0.4, 0.5) is 0 Å². The normalized spacial score (nSPS) is 18.6. The van der Waals surface area contributed by atoms with Crippen molar-refractivity contribution in [1.29, 1.82) is 0 Å². The van der Waals surface area contributed by atoms with Crippen LogP contribution in [0, 0.1) is 6.61 Å². The average molecular weight is 217 g/mol. The molecule has 0 bridgehead atoms. The lowest BCUT2D eigenvalue weighted by atomic mass is 10.1. The molecule has 1 aromatic carbocycles. The molecule has 1 aliphatic heterocycles. The van der Waals surface area contributed by atoms with Crippen LogP contribution in [-0.4, -0.2) is 18.0 Å². The minimum atomic E-state index is 0.219. The Morgan fingerprint density at radius 2 is 1.88 bits per heavy atom. The SMILES string of the molecule is CCCN(CCC)C1[C]Oc2ccccc21. The van der Waals surface area contributed by atoms with Crippen LogP contribution < -0.4 is 4.74 Å². The number of hydrogen-bond acceptors (Lipinski definition) is 2. The zero-order chi connectivity index (χ0) is 11.4. The zero-order valence-corrected chi connectivity index (χ0v) is 10.1. The molecular weight excluding hydrogens is 198 g/mol. The fourth-order valence-electron chi connectivity index (χ4n) is 2.20. The van der Waals surface area contributed by atoms with Crippen molar-refractivity contribution in [2.24, 2.45) is 0 Å². The number of fused-ring (bicyclic) bond motifs is 1. The molecular formula is C14H19NO. The van der Waals surface area contributed by atoms with Gasteiger partial charge < -0.3 is 4.74 Å². The highest BCUT2D eigenvalue weighted by atomic mass is 16.5. The summed E-state index contributed by atoms with van der Waals surface area (Å²) < 4.78 is 5.49. The van der Waals surface area contributed by atoms with Crippen molar-refractivity contribution in [2.45, 2.75) is 32.7 Å². The van der Waals surface area contributed by atoms with Gasteiger partial charge in [0.15, 0.2) is 0 Å². The van der Waals surface area contributed by atoms with Crippen LogP contribution >= 0.6 is 0 Å². The number of para-hydroxylation sites is 1. The summed E-state index contributed by atoms with van der Waals surface area (Å²) in [4.78, 5) is 2.44. The van der Waals surface area contributed by atoms with Gasteiger partial charge in [0, 0.05) is 5.56 Å². The van der Waals surface area contributed by atoms with E-state index in [-0.39, 0.29) is 6.04 Å². The molecule has 0 saturated carbocycles. The first-order valence-electron chi connectivity index (χ1n) is 6.12. The van der Waals surface area contributed by atoms with E-state index in [2.05, 4.69) is 37.5 Å². The lowest BCUT2D eigenvalue weighted by molar-refractivity contribution is 0.199. The molecule has 0 aliphatic carbocycles. The topological polar surface area (TPSA) is 12.5 Å². The summed E-state index contributed by atoms with van der Waals surface area (Å²) >= 11 is 0. The Labute approximate surface area is 98.2 Å². The molecule has 1 heterocycles. The van der Waals surface area contributed by atoms with Crippen LogP contribution in [0.3, 0.4) is 0 Å². The second-order valence-electron chi connectivity index (χ2n) is 4.20. The summed E-state index contributed by atoms with van der Waals surface area (Å²) in [5, 5.41) is 0. The van der Waals surface area contributed by atoms with Crippen LogP contribution in [-0.2, 0) is 0 Å². The fraction of sp³-hybridized carbons (Fsp3) is 0.500. The first kappa shape index (κ1) is 11.5. The molecule has 2 radical (unpaired) electrons. The van der Waals surface area contributed by atoms with Gasteiger partial charge in [-0.2, -0.15) is 0 Å². The first-order valence-corrected chi connectivity index (χ1v) is 6.12. The van der Waals surface area contributed by atoms with Crippen molar-refractivity contribution in [2.75, 3.05) is 13.1 Å². The molecule has 0 amide bonds. The average Bonchev–Trinajstić information content (AvgIpc) is 2.72. The van der Waals surface area contributed by atoms with Gasteiger partial charge >= 0.3 is 0 Å². The summed E-state index contributed by atoms with van der Waals surface area (Å²) in [6, 6.07) is 8.44. The van der Waals surface area contributed by atoms with Gasteiger partial charge in [-0.1, -0.05) is 32.0 Å². The molecule has 86 valence electrons. The molecule has 2 nitrogen and oxygen atoms in total. The number of rotatable bonds is 5. The molecule has 2 heteroatoms. The Morgan fingerprint density at radius 3 is 2.56 bits per heavy atom. The molecule has 0 saturated heterocycles. The molecule has 2 rings (SSSR count). The van der Waals surface area contributed by atoms with Gasteiger partial charge in [-0.15, -0.1) is 0 Å². The van der Waals surface area contributed by atoms with Crippen LogP contribution in [0.1, 0.15) is 38.3 Å². The lowest BCUT2D eigenvalue weighted by Crippen LogP contribution is -2.29. The van der Waals surface area contributed by atoms with Crippen molar-refractivity contribution in [3.05, 3.63) is 36.4 Å². The summed E-state index contributed by atoms with van der Waals surface area (Å²) in [5.74, 6) is 0.963. The third kappa shape index (κ3) is 2.22. The maximum absolute atomic E-state index is 5.49. The standard InChI is InChI=1S/C14H19NO/c1-3-9-15(10-4-2)13-11-16-14-8-6-5-7-12(13)14/h5-8,13H,3-4,9-10H2,1-2H3. The Morgan fingerprint density at radius 1 is 1.19 bits per heavy atom. The first-order chi connectivity index (χ1) is 7.86. The van der Waals surface area contributed by atoms with E-state index in [4.69, 9.17) is 4.74 Å². The highest BCUT2D eigenvalue weighted by Crippen LogP contribution is 2.38. The van der Waals surface area contributed by atoms with E-state index in [0.29, 0.717) is 0 Å². The van der Waals surface area contributed by atoms with Gasteiger partial charge in [-0.25, -0.2) is 0 Å². The Hall–Kier alpha value is -1.02. The predicted octanol–water partition coefficient (Wildman–Crippen LogP) is 3.28. The van der Waals surface area contributed by atoms with E-state index in [0.717, 1.165) is 18.8 Å². The number of benzene rings is 1. The fourth-order valence-corrected chi connectivity index (χ4v) is 2.20. The minimum Gasteiger partial charge on any atom is -0.476 e. The van der Waals surface area contributed by atoms with Gasteiger partial charge in [-0.3, -0.25) is 4.90 Å². The second-order valence-corrected chi connectivity index (χ2v) is 4.20. The maximum atomic E-state index is 5.49. The quantitative estimate of drug-likeness (QED) is 0.750. The lowest BCUT2D eigenvalue weighted by Gasteiger charge is -2.26. The number of hydrogen-bond donors (Lipinski definition) is 0. The van der Waals surface area contributed by atoms with Crippen molar-refractivity contribution in [1.82, 2.24) is 4.90 Å². The molecule has 0 spiro atoms. The van der Waals surface area contributed by atoms with Crippen molar-refractivity contribution in [3.63, 3.8) is 0 Å². The van der Waals surface area contributed by atoms with Gasteiger partial charge in [0.05, 0.1) is 6.04 Å². The number of nitrogens with zero attached hydrogens (tertiary/aromatic N) is 1. The minimum absolute atomic E-state index is 0.219. The molecule has 0 fully saturated rings. The number of ether oxygens (including phenoxy) is 1. The Bertz CT molecular complexity index is 331. The molecule has 1 unspecified atom stereocenters. The van der Waals surface area contributed by atoms with Gasteiger partial charge in [0.2, 0.25) is 6.61 Å². The summed E-state index contributed by atoms with van der Waals surface area (Å²) in [6.45, 7) is 9.74. The van der Waals surface area contributed by atoms with E-state index in [9.17, 15) is 0 Å². The summed E-state index contributed by atoms with van der Waals surface area (Å²) in [5.41, 5.74) is 1.25. The summed E-state index contributed by atoms with van der Waals surface area (Å²) in [6.07, 6.45) is 2.33. The molecule has 1 aromatic rings. The van der Waals surface area contributed by atoms with E-state index in [1.807, 2.05) is 12.1 Å². The Balaban J connectivity index is 2.15. The van der Waals surface area contributed by atoms with Gasteiger partial charge in [0.1, 0.15) is 5.75 Å². The van der Waals surface area contributed by atoms with Gasteiger partial charge in [0.25, 0.3) is 0 Å². The van der Waals surface area contributed by atoms with Crippen molar-refractivity contribution in [3.8, 4) is 5.75 Å². The molecule has 16 heavy (non-hydrogen) atoms. The highest BCUT2D eigenvalue weighted by Gasteiger charge is 2.29. The van der Waals surface area contributed by atoms with E-state index in [1.54, 1.807) is 0 Å². The third-order valence-corrected chi connectivity index (χ3v) is 2.88. The van der Waals surface area contributed by atoms with Crippen molar-refractivity contribution < 1.29 is 4.74 Å².